The monoisotopic (exact) mass is 257 g/mol. The lowest BCUT2D eigenvalue weighted by molar-refractivity contribution is -0.147. The third-order valence-corrected chi connectivity index (χ3v) is 3.18. The molecule has 0 saturated carbocycles. The quantitative estimate of drug-likeness (QED) is 0.640. The molecule has 3 amide bonds. The number of likely N-dealkylation sites (tertiary alicyclic amines) is 1. The Morgan fingerprint density at radius 3 is 2.56 bits per heavy atom. The van der Waals surface area contributed by atoms with E-state index in [0.29, 0.717) is 13.0 Å². The number of carbonyl (C=O) groups is 3. The van der Waals surface area contributed by atoms with Crippen LogP contribution in [0, 0.1) is 5.41 Å². The Bertz CT molecular complexity index is 358. The number of nitrogens with one attached hydrogen (secondary N) is 2. The van der Waals surface area contributed by atoms with Crippen molar-refractivity contribution in [2.75, 3.05) is 26.7 Å². The van der Waals surface area contributed by atoms with Crippen LogP contribution in [0.3, 0.4) is 0 Å². The van der Waals surface area contributed by atoms with Crippen LogP contribution in [0.2, 0.25) is 0 Å². The first kappa shape index (κ1) is 14.3. The van der Waals surface area contributed by atoms with E-state index in [2.05, 4.69) is 10.6 Å². The van der Waals surface area contributed by atoms with Crippen LogP contribution in [0.15, 0.2) is 0 Å². The van der Waals surface area contributed by atoms with Gasteiger partial charge in [0.05, 0.1) is 5.41 Å². The van der Waals surface area contributed by atoms with E-state index in [1.54, 1.807) is 6.92 Å². The SMILES string of the molecule is CNC(=O)CCNC(=O)N1CCC(C)(C(=O)O)C1. The van der Waals surface area contributed by atoms with Crippen molar-refractivity contribution in [1.82, 2.24) is 15.5 Å². The topological polar surface area (TPSA) is 98.7 Å². The molecule has 1 aliphatic heterocycles. The van der Waals surface area contributed by atoms with Gasteiger partial charge in [-0.1, -0.05) is 0 Å². The van der Waals surface area contributed by atoms with Crippen LogP contribution in [-0.2, 0) is 9.59 Å². The highest BCUT2D eigenvalue weighted by Gasteiger charge is 2.42. The summed E-state index contributed by atoms with van der Waals surface area (Å²) in [5.41, 5.74) is -0.863. The molecule has 0 aromatic rings. The van der Waals surface area contributed by atoms with E-state index in [9.17, 15) is 14.4 Å². The third kappa shape index (κ3) is 3.35. The van der Waals surface area contributed by atoms with Gasteiger partial charge in [0.2, 0.25) is 5.91 Å². The van der Waals surface area contributed by atoms with Crippen molar-refractivity contribution < 1.29 is 19.5 Å². The van der Waals surface area contributed by atoms with E-state index in [1.807, 2.05) is 0 Å². The number of aliphatic carboxylic acids is 1. The maximum Gasteiger partial charge on any atom is 0.317 e. The molecule has 0 bridgehead atoms. The summed E-state index contributed by atoms with van der Waals surface area (Å²) in [5, 5.41) is 14.1. The minimum atomic E-state index is -0.886. The molecule has 0 spiro atoms. The molecule has 3 N–H and O–H groups in total. The lowest BCUT2D eigenvalue weighted by Gasteiger charge is -2.20. The Morgan fingerprint density at radius 2 is 2.06 bits per heavy atom. The van der Waals surface area contributed by atoms with E-state index >= 15 is 0 Å². The van der Waals surface area contributed by atoms with Gasteiger partial charge in [0.15, 0.2) is 0 Å². The molecule has 1 fully saturated rings. The van der Waals surface area contributed by atoms with Crippen LogP contribution in [0.5, 0.6) is 0 Å². The standard InChI is InChI=1S/C11H19N3O4/c1-11(9(16)17)4-6-14(7-11)10(18)13-5-3-8(15)12-2/h3-7H2,1-2H3,(H,12,15)(H,13,18)(H,16,17). The van der Waals surface area contributed by atoms with Crippen LogP contribution in [0.4, 0.5) is 4.79 Å². The number of carboxylic acid groups (broad SMARTS) is 1. The molecule has 7 heteroatoms. The van der Waals surface area contributed by atoms with Crippen molar-refractivity contribution in [2.45, 2.75) is 19.8 Å². The summed E-state index contributed by atoms with van der Waals surface area (Å²) >= 11 is 0. The van der Waals surface area contributed by atoms with Crippen LogP contribution < -0.4 is 10.6 Å². The second-order valence-electron chi connectivity index (χ2n) is 4.69. The van der Waals surface area contributed by atoms with Crippen molar-refractivity contribution in [3.05, 3.63) is 0 Å². The molecule has 102 valence electrons. The van der Waals surface area contributed by atoms with Gasteiger partial charge < -0.3 is 20.6 Å². The minimum Gasteiger partial charge on any atom is -0.481 e. The third-order valence-electron chi connectivity index (χ3n) is 3.18. The maximum absolute atomic E-state index is 11.7. The van der Waals surface area contributed by atoms with E-state index in [4.69, 9.17) is 5.11 Å². The molecule has 1 unspecified atom stereocenters. The molecule has 0 aliphatic carbocycles. The largest absolute Gasteiger partial charge is 0.481 e. The minimum absolute atomic E-state index is 0.146. The van der Waals surface area contributed by atoms with Gasteiger partial charge in [0.25, 0.3) is 0 Å². The zero-order valence-corrected chi connectivity index (χ0v) is 10.7. The Hall–Kier alpha value is -1.79. The number of urea groups is 1. The predicted molar refractivity (Wildman–Crippen MR) is 64.0 cm³/mol. The molecule has 1 aliphatic rings. The van der Waals surface area contributed by atoms with Gasteiger partial charge in [-0.05, 0) is 13.3 Å². The van der Waals surface area contributed by atoms with Gasteiger partial charge in [0, 0.05) is 33.1 Å². The smallest absolute Gasteiger partial charge is 0.317 e. The summed E-state index contributed by atoms with van der Waals surface area (Å²) in [6, 6.07) is -0.316. The molecule has 1 saturated heterocycles. The Labute approximate surface area is 106 Å². The summed E-state index contributed by atoms with van der Waals surface area (Å²) in [6.45, 7) is 2.51. The summed E-state index contributed by atoms with van der Waals surface area (Å²) < 4.78 is 0. The fourth-order valence-electron chi connectivity index (χ4n) is 1.83. The molecule has 18 heavy (non-hydrogen) atoms. The molecular formula is C11H19N3O4. The van der Waals surface area contributed by atoms with Crippen LogP contribution in [0.1, 0.15) is 19.8 Å². The van der Waals surface area contributed by atoms with Gasteiger partial charge >= 0.3 is 12.0 Å². The molecule has 0 aromatic carbocycles. The van der Waals surface area contributed by atoms with Gasteiger partial charge in [0.1, 0.15) is 0 Å². The van der Waals surface area contributed by atoms with Crippen LogP contribution in [-0.4, -0.2) is 54.6 Å². The van der Waals surface area contributed by atoms with E-state index in [0.717, 1.165) is 0 Å². The Morgan fingerprint density at radius 1 is 1.39 bits per heavy atom. The molecule has 7 nitrogen and oxygen atoms in total. The van der Waals surface area contributed by atoms with Crippen molar-refractivity contribution in [3.8, 4) is 0 Å². The number of amides is 3. The van der Waals surface area contributed by atoms with E-state index in [-0.39, 0.29) is 31.4 Å². The highest BCUT2D eigenvalue weighted by atomic mass is 16.4. The predicted octanol–water partition coefficient (Wildman–Crippen LogP) is -0.371. The fraction of sp³-hybridized carbons (Fsp3) is 0.727. The number of rotatable bonds is 4. The lowest BCUT2D eigenvalue weighted by atomic mass is 9.90. The van der Waals surface area contributed by atoms with Crippen molar-refractivity contribution in [1.29, 1.82) is 0 Å². The molecule has 1 heterocycles. The van der Waals surface area contributed by atoms with E-state index in [1.165, 1.54) is 11.9 Å². The second-order valence-corrected chi connectivity index (χ2v) is 4.69. The first-order valence-electron chi connectivity index (χ1n) is 5.86. The summed E-state index contributed by atoms with van der Waals surface area (Å²) in [4.78, 5) is 35.2. The molecule has 1 rings (SSSR count). The number of nitrogens with zero attached hydrogens (tertiary/aromatic N) is 1. The van der Waals surface area contributed by atoms with Gasteiger partial charge in [-0.25, -0.2) is 4.79 Å². The van der Waals surface area contributed by atoms with Crippen LogP contribution >= 0.6 is 0 Å². The van der Waals surface area contributed by atoms with E-state index < -0.39 is 11.4 Å². The zero-order chi connectivity index (χ0) is 13.8. The highest BCUT2D eigenvalue weighted by molar-refractivity contribution is 5.80. The summed E-state index contributed by atoms with van der Waals surface area (Å²) in [7, 11) is 1.53. The molecule has 0 radical (unpaired) electrons. The number of hydrogen-bond acceptors (Lipinski definition) is 3. The fourth-order valence-corrected chi connectivity index (χ4v) is 1.83. The highest BCUT2D eigenvalue weighted by Crippen LogP contribution is 2.29. The summed E-state index contributed by atoms with van der Waals surface area (Å²) in [6.07, 6.45) is 0.664. The average Bonchev–Trinajstić information content (AvgIpc) is 2.73. The lowest BCUT2D eigenvalue weighted by Crippen LogP contribution is -2.41. The van der Waals surface area contributed by atoms with Crippen LogP contribution in [0.25, 0.3) is 0 Å². The number of hydrogen-bond donors (Lipinski definition) is 3. The normalized spacial score (nSPS) is 22.7. The average molecular weight is 257 g/mol. The molecule has 1 atom stereocenters. The van der Waals surface area contributed by atoms with Gasteiger partial charge in [-0.3, -0.25) is 9.59 Å². The van der Waals surface area contributed by atoms with Gasteiger partial charge in [-0.15, -0.1) is 0 Å². The first-order chi connectivity index (χ1) is 8.39. The second kappa shape index (κ2) is 5.70. The first-order valence-corrected chi connectivity index (χ1v) is 5.86. The molecular weight excluding hydrogens is 238 g/mol. The Kier molecular flexibility index (Phi) is 4.52. The number of carbonyl (C=O) groups excluding carboxylic acids is 2. The molecule has 0 aromatic heterocycles. The maximum atomic E-state index is 11.7. The zero-order valence-electron chi connectivity index (χ0n) is 10.7. The number of carboxylic acids is 1. The van der Waals surface area contributed by atoms with Crippen molar-refractivity contribution in [2.24, 2.45) is 5.41 Å². The van der Waals surface area contributed by atoms with Gasteiger partial charge in [-0.2, -0.15) is 0 Å². The summed E-state index contributed by atoms with van der Waals surface area (Å²) in [5.74, 6) is -1.03. The van der Waals surface area contributed by atoms with Crippen molar-refractivity contribution >= 4 is 17.9 Å². The van der Waals surface area contributed by atoms with Crippen molar-refractivity contribution in [3.63, 3.8) is 0 Å². The Balaban J connectivity index is 2.36.